The SMILES string of the molecule is COC(=O)c1cnc(N2CCC(c3cc(S(=O)(=O)C(F)(F)F)cc(S(=O)(=O)C(F)(F)F)c3)(C(F)(F)F)C2)cc1C(F)(F)F. The van der Waals surface area contributed by atoms with E-state index in [1.807, 2.05) is 0 Å². The van der Waals surface area contributed by atoms with Crippen molar-refractivity contribution in [2.24, 2.45) is 0 Å². The molecule has 0 N–H and O–H groups in total. The van der Waals surface area contributed by atoms with Gasteiger partial charge in [-0.2, -0.15) is 52.7 Å². The molecule has 1 unspecified atom stereocenters. The minimum atomic E-state index is -6.73. The third-order valence-corrected chi connectivity index (χ3v) is 9.33. The first kappa shape index (κ1) is 34.2. The standard InChI is InChI=1S/C21H14F12N2O6S2/c1-41-16(36)13-8-34-15(7-14(13)18(22,23)24)35-3-2-17(9-35,19(25,26)27)10-4-11(42(37,38)20(28,29)30)6-12(5-10)43(39,40)21(31,32)33/h4-8H,2-3,9H2,1H3. The minimum absolute atomic E-state index is 0.142. The zero-order valence-electron chi connectivity index (χ0n) is 20.7. The maximum atomic E-state index is 14.6. The number of carbonyl (C=O) groups excluding carboxylic acids is 1. The number of sulfone groups is 2. The topological polar surface area (TPSA) is 111 Å². The van der Waals surface area contributed by atoms with E-state index in [9.17, 15) is 74.3 Å². The molecule has 22 heteroatoms. The molecule has 3 rings (SSSR count). The van der Waals surface area contributed by atoms with E-state index in [2.05, 4.69) is 9.72 Å². The molecular formula is C21H14F12N2O6S2. The number of anilines is 1. The van der Waals surface area contributed by atoms with Crippen molar-refractivity contribution in [1.82, 2.24) is 4.98 Å². The number of nitrogens with zero attached hydrogens (tertiary/aromatic N) is 2. The maximum Gasteiger partial charge on any atom is 0.501 e. The van der Waals surface area contributed by atoms with Crippen LogP contribution in [0.1, 0.15) is 27.9 Å². The minimum Gasteiger partial charge on any atom is -0.465 e. The van der Waals surface area contributed by atoms with E-state index in [1.54, 1.807) is 0 Å². The highest BCUT2D eigenvalue weighted by molar-refractivity contribution is 7.93. The summed E-state index contributed by atoms with van der Waals surface area (Å²) < 4.78 is 216. The largest absolute Gasteiger partial charge is 0.501 e. The molecule has 1 aromatic carbocycles. The van der Waals surface area contributed by atoms with Gasteiger partial charge in [0.1, 0.15) is 11.2 Å². The summed E-state index contributed by atoms with van der Waals surface area (Å²) in [5.41, 5.74) is -20.7. The van der Waals surface area contributed by atoms with Crippen LogP contribution in [0.25, 0.3) is 0 Å². The molecule has 8 nitrogen and oxygen atoms in total. The molecule has 1 atom stereocenters. The predicted molar refractivity (Wildman–Crippen MR) is 118 cm³/mol. The van der Waals surface area contributed by atoms with Crippen LogP contribution in [0.4, 0.5) is 58.5 Å². The van der Waals surface area contributed by atoms with Gasteiger partial charge in [0.15, 0.2) is 0 Å². The van der Waals surface area contributed by atoms with Crippen molar-refractivity contribution in [2.75, 3.05) is 25.1 Å². The van der Waals surface area contributed by atoms with Gasteiger partial charge in [-0.15, -0.1) is 0 Å². The van der Waals surface area contributed by atoms with Gasteiger partial charge in [-0.3, -0.25) is 0 Å². The number of pyridine rings is 1. The lowest BCUT2D eigenvalue weighted by Gasteiger charge is -2.33. The number of alkyl halides is 12. The molecule has 0 amide bonds. The lowest BCUT2D eigenvalue weighted by molar-refractivity contribution is -0.184. The highest BCUT2D eigenvalue weighted by atomic mass is 32.2. The number of esters is 1. The van der Waals surface area contributed by atoms with Crippen molar-refractivity contribution in [3.63, 3.8) is 0 Å². The van der Waals surface area contributed by atoms with Crippen LogP contribution >= 0.6 is 0 Å². The van der Waals surface area contributed by atoms with Crippen molar-refractivity contribution in [3.8, 4) is 0 Å². The van der Waals surface area contributed by atoms with E-state index in [0.717, 1.165) is 7.11 Å². The van der Waals surface area contributed by atoms with E-state index in [1.165, 1.54) is 0 Å². The van der Waals surface area contributed by atoms with Crippen LogP contribution in [0.5, 0.6) is 0 Å². The molecule has 1 fully saturated rings. The Labute approximate surface area is 233 Å². The molecule has 0 aliphatic carbocycles. The second-order valence-electron chi connectivity index (χ2n) is 8.92. The summed E-state index contributed by atoms with van der Waals surface area (Å²) in [6, 6.07) is -1.06. The van der Waals surface area contributed by atoms with E-state index in [4.69, 9.17) is 0 Å². The van der Waals surface area contributed by atoms with Gasteiger partial charge in [0, 0.05) is 19.3 Å². The first-order chi connectivity index (χ1) is 19.2. The number of rotatable bonds is 5. The summed E-state index contributed by atoms with van der Waals surface area (Å²) in [5, 5.41) is 0. The molecule has 1 aromatic heterocycles. The van der Waals surface area contributed by atoms with E-state index < -0.39 is 112 Å². The Bertz CT molecular complexity index is 1590. The van der Waals surface area contributed by atoms with Crippen LogP contribution in [-0.4, -0.2) is 65.2 Å². The van der Waals surface area contributed by atoms with Crippen LogP contribution in [-0.2, 0) is 36.0 Å². The number of aromatic nitrogens is 1. The monoisotopic (exact) mass is 682 g/mol. The average molecular weight is 682 g/mol. The number of hydrogen-bond donors (Lipinski definition) is 0. The van der Waals surface area contributed by atoms with Crippen LogP contribution < -0.4 is 4.90 Å². The van der Waals surface area contributed by atoms with Gasteiger partial charge in [-0.1, -0.05) is 0 Å². The van der Waals surface area contributed by atoms with Gasteiger partial charge in [-0.25, -0.2) is 26.6 Å². The van der Waals surface area contributed by atoms with E-state index in [-0.39, 0.29) is 18.2 Å². The Hall–Kier alpha value is -3.30. The summed E-state index contributed by atoms with van der Waals surface area (Å²) >= 11 is 0. The molecule has 1 saturated heterocycles. The number of carbonyl (C=O) groups is 1. The summed E-state index contributed by atoms with van der Waals surface area (Å²) in [7, 11) is -12.7. The van der Waals surface area contributed by atoms with Crippen molar-refractivity contribution in [3.05, 3.63) is 47.2 Å². The fourth-order valence-corrected chi connectivity index (χ4v) is 5.92. The Morgan fingerprint density at radius 1 is 0.837 bits per heavy atom. The Kier molecular flexibility index (Phi) is 8.28. The third-order valence-electron chi connectivity index (χ3n) is 6.40. The number of hydrogen-bond acceptors (Lipinski definition) is 8. The molecular weight excluding hydrogens is 668 g/mol. The highest BCUT2D eigenvalue weighted by Gasteiger charge is 2.61. The van der Waals surface area contributed by atoms with Crippen LogP contribution in [0.15, 0.2) is 40.3 Å². The van der Waals surface area contributed by atoms with Gasteiger partial charge >= 0.3 is 29.3 Å². The molecule has 1 aliphatic heterocycles. The first-order valence-corrected chi connectivity index (χ1v) is 13.9. The smallest absolute Gasteiger partial charge is 0.465 e. The van der Waals surface area contributed by atoms with Crippen molar-refractivity contribution >= 4 is 31.5 Å². The van der Waals surface area contributed by atoms with Gasteiger partial charge in [0.2, 0.25) is 0 Å². The van der Waals surface area contributed by atoms with Crippen molar-refractivity contribution in [2.45, 2.75) is 45.0 Å². The summed E-state index contributed by atoms with van der Waals surface area (Å²) in [5.74, 6) is -2.41. The first-order valence-electron chi connectivity index (χ1n) is 11.0. The number of ether oxygens (including phenoxy) is 1. The molecule has 2 heterocycles. The summed E-state index contributed by atoms with van der Waals surface area (Å²) in [6.07, 6.45) is -12.0. The maximum absolute atomic E-state index is 14.6. The van der Waals surface area contributed by atoms with E-state index in [0.29, 0.717) is 11.1 Å². The van der Waals surface area contributed by atoms with Crippen LogP contribution in [0.2, 0.25) is 0 Å². The van der Waals surface area contributed by atoms with Crippen molar-refractivity contribution in [1.29, 1.82) is 0 Å². The zero-order valence-corrected chi connectivity index (χ0v) is 22.3. The van der Waals surface area contributed by atoms with Crippen LogP contribution in [0, 0.1) is 0 Å². The normalized spacial score (nSPS) is 19.0. The Balaban J connectivity index is 2.30. The molecule has 1 aliphatic rings. The average Bonchev–Trinajstić information content (AvgIpc) is 3.33. The quantitative estimate of drug-likeness (QED) is 0.314. The van der Waals surface area contributed by atoms with Gasteiger partial charge in [-0.05, 0) is 36.2 Å². The predicted octanol–water partition coefficient (Wildman–Crippen LogP) is 5.18. The molecule has 0 bridgehead atoms. The highest BCUT2D eigenvalue weighted by Crippen LogP contribution is 2.50. The third kappa shape index (κ3) is 5.94. The molecule has 2 aromatic rings. The van der Waals surface area contributed by atoms with Gasteiger partial charge in [0.05, 0.1) is 28.0 Å². The Morgan fingerprint density at radius 2 is 1.33 bits per heavy atom. The van der Waals surface area contributed by atoms with Crippen molar-refractivity contribution < 1.29 is 79.1 Å². The Morgan fingerprint density at radius 3 is 1.72 bits per heavy atom. The molecule has 43 heavy (non-hydrogen) atoms. The number of halogens is 12. The number of methoxy groups -OCH3 is 1. The second-order valence-corrected chi connectivity index (χ2v) is 12.8. The lowest BCUT2D eigenvalue weighted by atomic mass is 9.79. The van der Waals surface area contributed by atoms with E-state index >= 15 is 0 Å². The molecule has 0 saturated carbocycles. The van der Waals surface area contributed by atoms with Gasteiger partial charge < -0.3 is 9.64 Å². The molecule has 0 spiro atoms. The van der Waals surface area contributed by atoms with Crippen LogP contribution in [0.3, 0.4) is 0 Å². The molecule has 240 valence electrons. The zero-order chi connectivity index (χ0) is 33.2. The second kappa shape index (κ2) is 10.4. The lowest BCUT2D eigenvalue weighted by Crippen LogP contribution is -2.45. The molecule has 0 radical (unpaired) electrons. The van der Waals surface area contributed by atoms with Gasteiger partial charge in [0.25, 0.3) is 19.7 Å². The number of benzene rings is 1. The summed E-state index contributed by atoms with van der Waals surface area (Å²) in [6.45, 7) is -2.49. The summed E-state index contributed by atoms with van der Waals surface area (Å²) in [4.78, 5) is 11.2. The fraction of sp³-hybridized carbons (Fsp3) is 0.429. The fourth-order valence-electron chi connectivity index (χ4n) is 4.19.